The molecule has 0 bridgehead atoms. The number of hydrogen-bond donors (Lipinski definition) is 1. The maximum atomic E-state index is 12.4. The molecular weight excluding hydrogens is 324 g/mol. The molecule has 134 valence electrons. The highest BCUT2D eigenvalue weighted by Crippen LogP contribution is 2.13. The Labute approximate surface area is 154 Å². The predicted molar refractivity (Wildman–Crippen MR) is 105 cm³/mol. The van der Waals surface area contributed by atoms with Crippen molar-refractivity contribution >= 4 is 11.6 Å². The maximum Gasteiger partial charge on any atom is 0.251 e. The first-order chi connectivity index (χ1) is 12.6. The minimum Gasteiger partial charge on any atom is -0.378 e. The summed E-state index contributed by atoms with van der Waals surface area (Å²) in [5.74, 6) is 0.908. The second kappa shape index (κ2) is 8.34. The molecule has 3 aromatic rings. The van der Waals surface area contributed by atoms with Crippen molar-refractivity contribution in [1.29, 1.82) is 0 Å². The van der Waals surface area contributed by atoms with Crippen LogP contribution in [0.15, 0.2) is 67.0 Å². The SMILES string of the molecule is CN(C)c1cccc(C(=O)NCCc2nccn2Cc2ccccc2)c1. The number of nitrogens with one attached hydrogen (secondary N) is 1. The molecule has 0 fully saturated rings. The molecule has 0 aliphatic heterocycles. The van der Waals surface area contributed by atoms with Crippen LogP contribution in [0.25, 0.3) is 0 Å². The van der Waals surface area contributed by atoms with E-state index in [1.54, 1.807) is 6.20 Å². The van der Waals surface area contributed by atoms with Gasteiger partial charge < -0.3 is 14.8 Å². The van der Waals surface area contributed by atoms with Gasteiger partial charge >= 0.3 is 0 Å². The van der Waals surface area contributed by atoms with Gasteiger partial charge in [-0.05, 0) is 23.8 Å². The average molecular weight is 348 g/mol. The third-order valence-electron chi connectivity index (χ3n) is 4.26. The van der Waals surface area contributed by atoms with Crippen LogP contribution in [-0.2, 0) is 13.0 Å². The molecule has 0 atom stereocenters. The Morgan fingerprint density at radius 3 is 2.69 bits per heavy atom. The van der Waals surface area contributed by atoms with E-state index in [-0.39, 0.29) is 5.91 Å². The summed E-state index contributed by atoms with van der Waals surface area (Å²) in [7, 11) is 3.92. The van der Waals surface area contributed by atoms with Crippen LogP contribution in [0.5, 0.6) is 0 Å². The van der Waals surface area contributed by atoms with Gasteiger partial charge in [-0.3, -0.25) is 4.79 Å². The molecule has 1 N–H and O–H groups in total. The van der Waals surface area contributed by atoms with Crippen molar-refractivity contribution in [3.05, 3.63) is 83.9 Å². The molecule has 3 rings (SSSR count). The summed E-state index contributed by atoms with van der Waals surface area (Å²) in [6.45, 7) is 1.34. The van der Waals surface area contributed by atoms with Crippen LogP contribution >= 0.6 is 0 Å². The van der Waals surface area contributed by atoms with Crippen molar-refractivity contribution in [2.75, 3.05) is 25.5 Å². The van der Waals surface area contributed by atoms with Crippen molar-refractivity contribution in [2.24, 2.45) is 0 Å². The lowest BCUT2D eigenvalue weighted by Gasteiger charge is -2.13. The van der Waals surface area contributed by atoms with Crippen molar-refractivity contribution < 1.29 is 4.79 Å². The van der Waals surface area contributed by atoms with Gasteiger partial charge in [0.1, 0.15) is 5.82 Å². The highest BCUT2D eigenvalue weighted by atomic mass is 16.1. The average Bonchev–Trinajstić information content (AvgIpc) is 3.09. The van der Waals surface area contributed by atoms with E-state index in [0.717, 1.165) is 18.1 Å². The Morgan fingerprint density at radius 2 is 1.92 bits per heavy atom. The Balaban J connectivity index is 1.56. The molecule has 0 saturated heterocycles. The third kappa shape index (κ3) is 4.51. The maximum absolute atomic E-state index is 12.4. The fourth-order valence-electron chi connectivity index (χ4n) is 2.81. The summed E-state index contributed by atoms with van der Waals surface area (Å²) in [6.07, 6.45) is 4.48. The number of imidazole rings is 1. The molecule has 0 aliphatic rings. The predicted octanol–water partition coefficient (Wildman–Crippen LogP) is 2.97. The van der Waals surface area contributed by atoms with Gasteiger partial charge in [0.15, 0.2) is 0 Å². The normalized spacial score (nSPS) is 10.5. The molecule has 0 unspecified atom stereocenters. The van der Waals surface area contributed by atoms with Gasteiger partial charge in [0.25, 0.3) is 5.91 Å². The number of carbonyl (C=O) groups excluding carboxylic acids is 1. The second-order valence-electron chi connectivity index (χ2n) is 6.41. The molecule has 0 aliphatic carbocycles. The molecular formula is C21H24N4O. The molecule has 1 aromatic heterocycles. The van der Waals surface area contributed by atoms with Crippen molar-refractivity contribution in [3.8, 4) is 0 Å². The molecule has 2 aromatic carbocycles. The monoisotopic (exact) mass is 348 g/mol. The van der Waals surface area contributed by atoms with E-state index in [4.69, 9.17) is 0 Å². The fourth-order valence-corrected chi connectivity index (χ4v) is 2.81. The lowest BCUT2D eigenvalue weighted by atomic mass is 10.2. The summed E-state index contributed by atoms with van der Waals surface area (Å²) in [5.41, 5.74) is 2.91. The Kier molecular flexibility index (Phi) is 5.69. The first-order valence-corrected chi connectivity index (χ1v) is 8.73. The van der Waals surface area contributed by atoms with Crippen LogP contribution in [-0.4, -0.2) is 36.1 Å². The number of carbonyl (C=O) groups is 1. The summed E-state index contributed by atoms with van der Waals surface area (Å²) in [5, 5.41) is 2.98. The van der Waals surface area contributed by atoms with Gasteiger partial charge in [-0.25, -0.2) is 4.98 Å². The summed E-state index contributed by atoms with van der Waals surface area (Å²) in [4.78, 5) is 18.8. The van der Waals surface area contributed by atoms with Crippen molar-refractivity contribution in [2.45, 2.75) is 13.0 Å². The van der Waals surface area contributed by atoms with Gasteiger partial charge in [-0.15, -0.1) is 0 Å². The van der Waals surface area contributed by atoms with E-state index in [1.165, 1.54) is 5.56 Å². The molecule has 26 heavy (non-hydrogen) atoms. The van der Waals surface area contributed by atoms with Crippen LogP contribution in [0, 0.1) is 0 Å². The molecule has 5 nitrogen and oxygen atoms in total. The lowest BCUT2D eigenvalue weighted by Crippen LogP contribution is -2.26. The van der Waals surface area contributed by atoms with Crippen molar-refractivity contribution in [3.63, 3.8) is 0 Å². The van der Waals surface area contributed by atoms with Gasteiger partial charge in [-0.2, -0.15) is 0 Å². The molecule has 1 amide bonds. The second-order valence-corrected chi connectivity index (χ2v) is 6.41. The van der Waals surface area contributed by atoms with Crippen LogP contribution in [0.2, 0.25) is 0 Å². The summed E-state index contributed by atoms with van der Waals surface area (Å²) < 4.78 is 2.12. The van der Waals surface area contributed by atoms with Gasteiger partial charge in [0, 0.05) is 57.3 Å². The Morgan fingerprint density at radius 1 is 1.12 bits per heavy atom. The zero-order valence-electron chi connectivity index (χ0n) is 15.2. The van der Waals surface area contributed by atoms with Gasteiger partial charge in [0.05, 0.1) is 0 Å². The van der Waals surface area contributed by atoms with E-state index in [2.05, 4.69) is 27.0 Å². The Bertz CT molecular complexity index is 855. The first-order valence-electron chi connectivity index (χ1n) is 8.73. The van der Waals surface area contributed by atoms with Gasteiger partial charge in [-0.1, -0.05) is 36.4 Å². The molecule has 5 heteroatoms. The van der Waals surface area contributed by atoms with Gasteiger partial charge in [0.2, 0.25) is 0 Å². The van der Waals surface area contributed by atoms with Crippen LogP contribution < -0.4 is 10.2 Å². The minimum absolute atomic E-state index is 0.0603. The van der Waals surface area contributed by atoms with E-state index in [0.29, 0.717) is 18.5 Å². The Hall–Kier alpha value is -3.08. The number of nitrogens with zero attached hydrogens (tertiary/aromatic N) is 3. The summed E-state index contributed by atoms with van der Waals surface area (Å²) >= 11 is 0. The highest BCUT2D eigenvalue weighted by Gasteiger charge is 2.08. The van der Waals surface area contributed by atoms with E-state index in [1.807, 2.05) is 67.7 Å². The van der Waals surface area contributed by atoms with Crippen LogP contribution in [0.4, 0.5) is 5.69 Å². The molecule has 0 spiro atoms. The number of aromatic nitrogens is 2. The zero-order valence-corrected chi connectivity index (χ0v) is 15.2. The quantitative estimate of drug-likeness (QED) is 0.714. The fraction of sp³-hybridized carbons (Fsp3) is 0.238. The number of anilines is 1. The number of amides is 1. The number of rotatable bonds is 7. The van der Waals surface area contributed by atoms with E-state index in [9.17, 15) is 4.79 Å². The molecule has 0 saturated carbocycles. The van der Waals surface area contributed by atoms with Crippen LogP contribution in [0.1, 0.15) is 21.7 Å². The minimum atomic E-state index is -0.0603. The zero-order chi connectivity index (χ0) is 18.4. The lowest BCUT2D eigenvalue weighted by molar-refractivity contribution is 0.0954. The van der Waals surface area contributed by atoms with Crippen LogP contribution in [0.3, 0.4) is 0 Å². The highest BCUT2D eigenvalue weighted by molar-refractivity contribution is 5.95. The topological polar surface area (TPSA) is 50.2 Å². The molecule has 1 heterocycles. The number of hydrogen-bond acceptors (Lipinski definition) is 3. The van der Waals surface area contributed by atoms with E-state index >= 15 is 0 Å². The number of benzene rings is 2. The first kappa shape index (κ1) is 17.7. The third-order valence-corrected chi connectivity index (χ3v) is 4.26. The summed E-state index contributed by atoms with van der Waals surface area (Å²) in [6, 6.07) is 17.9. The molecule has 0 radical (unpaired) electrons. The van der Waals surface area contributed by atoms with E-state index < -0.39 is 0 Å². The largest absolute Gasteiger partial charge is 0.378 e. The van der Waals surface area contributed by atoms with Crippen molar-refractivity contribution in [1.82, 2.24) is 14.9 Å². The smallest absolute Gasteiger partial charge is 0.251 e. The standard InChI is InChI=1S/C21H24N4O/c1-24(2)19-10-6-9-18(15-19)21(26)23-12-11-20-22-13-14-25(20)16-17-7-4-3-5-8-17/h3-10,13-15H,11-12,16H2,1-2H3,(H,23,26).